The summed E-state index contributed by atoms with van der Waals surface area (Å²) in [7, 11) is 1.54. The van der Waals surface area contributed by atoms with Gasteiger partial charge < -0.3 is 4.98 Å². The normalized spacial score (nSPS) is 11.0. The summed E-state index contributed by atoms with van der Waals surface area (Å²) in [5.41, 5.74) is 0.568. The molecule has 1 heterocycles. The molecule has 68 valence electrons. The van der Waals surface area contributed by atoms with Gasteiger partial charge in [0.2, 0.25) is 0 Å². The van der Waals surface area contributed by atoms with Gasteiger partial charge in [-0.2, -0.15) is 0 Å². The van der Waals surface area contributed by atoms with Crippen LogP contribution in [0.2, 0.25) is 0 Å². The minimum absolute atomic E-state index is 0.295. The zero-order valence-electron chi connectivity index (χ0n) is 6.77. The van der Waals surface area contributed by atoms with E-state index < -0.39 is 0 Å². The Morgan fingerprint density at radius 3 is 2.92 bits per heavy atom. The fraction of sp³-hybridized carbons (Fsp3) is 0.125. The quantitative estimate of drug-likeness (QED) is 0.736. The first-order valence-corrected chi connectivity index (χ1v) is 4.72. The van der Waals surface area contributed by atoms with Gasteiger partial charge in [-0.25, -0.2) is 9.18 Å². The highest BCUT2D eigenvalue weighted by molar-refractivity contribution is 14.1. The van der Waals surface area contributed by atoms with Crippen LogP contribution in [-0.4, -0.2) is 9.55 Å². The van der Waals surface area contributed by atoms with Crippen LogP contribution in [0.15, 0.2) is 16.9 Å². The highest BCUT2D eigenvalue weighted by Gasteiger charge is 2.10. The van der Waals surface area contributed by atoms with Crippen LogP contribution >= 0.6 is 22.6 Å². The van der Waals surface area contributed by atoms with Crippen molar-refractivity contribution >= 4 is 33.6 Å². The van der Waals surface area contributed by atoms with Gasteiger partial charge in [0, 0.05) is 7.05 Å². The van der Waals surface area contributed by atoms with Crippen molar-refractivity contribution in [3.8, 4) is 0 Å². The van der Waals surface area contributed by atoms with Crippen LogP contribution in [0.5, 0.6) is 0 Å². The van der Waals surface area contributed by atoms with Gasteiger partial charge in [0.25, 0.3) is 0 Å². The Morgan fingerprint density at radius 2 is 2.23 bits per heavy atom. The number of aromatic nitrogens is 2. The highest BCUT2D eigenvalue weighted by Crippen LogP contribution is 2.19. The summed E-state index contributed by atoms with van der Waals surface area (Å²) in [5.74, 6) is -0.348. The maximum Gasteiger partial charge on any atom is 0.326 e. The Hall–Kier alpha value is -0.850. The zero-order valence-corrected chi connectivity index (χ0v) is 8.92. The number of hydrogen-bond acceptors (Lipinski definition) is 1. The molecular formula is C8H6FIN2O. The molecule has 2 rings (SSSR count). The Bertz CT molecular complexity index is 529. The number of nitrogens with zero attached hydrogens (tertiary/aromatic N) is 1. The minimum atomic E-state index is -0.348. The van der Waals surface area contributed by atoms with Crippen LogP contribution in [0.1, 0.15) is 0 Å². The summed E-state index contributed by atoms with van der Waals surface area (Å²) in [4.78, 5) is 13.7. The lowest BCUT2D eigenvalue weighted by Crippen LogP contribution is -2.12. The Kier molecular flexibility index (Phi) is 1.90. The smallest absolute Gasteiger partial charge is 0.305 e. The number of H-pyrrole nitrogens is 1. The van der Waals surface area contributed by atoms with Gasteiger partial charge in [0.05, 0.1) is 9.09 Å². The van der Waals surface area contributed by atoms with Crippen LogP contribution in [-0.2, 0) is 7.05 Å². The second-order valence-corrected chi connectivity index (χ2v) is 3.91. The van der Waals surface area contributed by atoms with Crippen molar-refractivity contribution in [3.63, 3.8) is 0 Å². The molecule has 0 spiro atoms. The molecular weight excluding hydrogens is 286 g/mol. The van der Waals surface area contributed by atoms with Crippen molar-refractivity contribution in [2.45, 2.75) is 0 Å². The average molecular weight is 292 g/mol. The van der Waals surface area contributed by atoms with Gasteiger partial charge in [-0.1, -0.05) is 0 Å². The summed E-state index contributed by atoms with van der Waals surface area (Å²) in [5, 5.41) is 0. The van der Waals surface area contributed by atoms with Crippen molar-refractivity contribution in [3.05, 3.63) is 32.0 Å². The molecule has 0 aliphatic rings. The first-order chi connectivity index (χ1) is 6.11. The second-order valence-electron chi connectivity index (χ2n) is 2.75. The van der Waals surface area contributed by atoms with E-state index in [-0.39, 0.29) is 11.5 Å². The van der Waals surface area contributed by atoms with Crippen LogP contribution in [0.3, 0.4) is 0 Å². The van der Waals surface area contributed by atoms with Gasteiger partial charge >= 0.3 is 5.69 Å². The largest absolute Gasteiger partial charge is 0.326 e. The third kappa shape index (κ3) is 1.18. The Balaban J connectivity index is 3.05. The predicted molar refractivity (Wildman–Crippen MR) is 56.2 cm³/mol. The average Bonchev–Trinajstić information content (AvgIpc) is 2.37. The van der Waals surface area contributed by atoms with E-state index >= 15 is 0 Å². The molecule has 0 aliphatic heterocycles. The molecule has 13 heavy (non-hydrogen) atoms. The number of imidazole rings is 1. The SMILES string of the molecule is Cn1c(=O)[nH]c2ccc(I)c(F)c21. The van der Waals surface area contributed by atoms with Crippen molar-refractivity contribution in [2.24, 2.45) is 7.05 Å². The topological polar surface area (TPSA) is 37.8 Å². The van der Waals surface area contributed by atoms with E-state index in [0.29, 0.717) is 14.6 Å². The maximum atomic E-state index is 13.5. The molecule has 0 aliphatic carbocycles. The molecule has 0 atom stereocenters. The van der Waals surface area contributed by atoms with E-state index in [1.807, 2.05) is 22.6 Å². The Morgan fingerprint density at radius 1 is 1.54 bits per heavy atom. The number of aromatic amines is 1. The fourth-order valence-electron chi connectivity index (χ4n) is 1.27. The van der Waals surface area contributed by atoms with Gasteiger partial charge in [-0.3, -0.25) is 4.57 Å². The lowest BCUT2D eigenvalue weighted by molar-refractivity contribution is 0.623. The summed E-state index contributed by atoms with van der Waals surface area (Å²) < 4.78 is 15.3. The van der Waals surface area contributed by atoms with Gasteiger partial charge in [0.15, 0.2) is 5.82 Å². The molecule has 1 aromatic heterocycles. The molecule has 1 N–H and O–H groups in total. The number of fused-ring (bicyclic) bond motifs is 1. The number of halogens is 2. The van der Waals surface area contributed by atoms with E-state index in [1.165, 1.54) is 4.57 Å². The molecule has 5 heteroatoms. The lowest BCUT2D eigenvalue weighted by Gasteiger charge is -1.97. The monoisotopic (exact) mass is 292 g/mol. The van der Waals surface area contributed by atoms with E-state index in [2.05, 4.69) is 4.98 Å². The molecule has 0 unspecified atom stereocenters. The number of benzene rings is 1. The minimum Gasteiger partial charge on any atom is -0.305 e. The van der Waals surface area contributed by atoms with Crippen LogP contribution in [0.4, 0.5) is 4.39 Å². The first kappa shape index (κ1) is 8.74. The van der Waals surface area contributed by atoms with Crippen molar-refractivity contribution in [1.82, 2.24) is 9.55 Å². The summed E-state index contributed by atoms with van der Waals surface area (Å²) in [6.07, 6.45) is 0. The van der Waals surface area contributed by atoms with Crippen LogP contribution in [0.25, 0.3) is 11.0 Å². The summed E-state index contributed by atoms with van der Waals surface area (Å²) in [6, 6.07) is 3.33. The second kappa shape index (κ2) is 2.83. The number of aryl methyl sites for hydroxylation is 1. The van der Waals surface area contributed by atoms with Crippen molar-refractivity contribution < 1.29 is 4.39 Å². The third-order valence-corrected chi connectivity index (χ3v) is 2.78. The van der Waals surface area contributed by atoms with E-state index in [1.54, 1.807) is 19.2 Å². The van der Waals surface area contributed by atoms with Crippen LogP contribution in [0, 0.1) is 9.39 Å². The van der Waals surface area contributed by atoms with Gasteiger partial charge in [-0.05, 0) is 34.7 Å². The molecule has 1 aromatic carbocycles. The maximum absolute atomic E-state index is 13.5. The first-order valence-electron chi connectivity index (χ1n) is 3.64. The molecule has 2 aromatic rings. The number of hydrogen-bond donors (Lipinski definition) is 1. The standard InChI is InChI=1S/C8H6FIN2O/c1-12-7-5(11-8(12)13)3-2-4(10)6(7)9/h2-3H,1H3,(H,11,13). The van der Waals surface area contributed by atoms with Crippen molar-refractivity contribution in [1.29, 1.82) is 0 Å². The summed E-state index contributed by atoms with van der Waals surface area (Å²) in [6.45, 7) is 0. The Labute approximate surface area is 86.7 Å². The van der Waals surface area contributed by atoms with Crippen LogP contribution < -0.4 is 5.69 Å². The summed E-state index contributed by atoms with van der Waals surface area (Å²) >= 11 is 1.89. The molecule has 0 saturated heterocycles. The predicted octanol–water partition coefficient (Wildman–Crippen LogP) is 1.61. The highest BCUT2D eigenvalue weighted by atomic mass is 127. The molecule has 0 bridgehead atoms. The number of nitrogens with one attached hydrogen (secondary N) is 1. The van der Waals surface area contributed by atoms with E-state index in [4.69, 9.17) is 0 Å². The molecule has 0 fully saturated rings. The molecule has 0 radical (unpaired) electrons. The third-order valence-electron chi connectivity index (χ3n) is 1.95. The van der Waals surface area contributed by atoms with Gasteiger partial charge in [0.1, 0.15) is 5.52 Å². The van der Waals surface area contributed by atoms with E-state index in [0.717, 1.165) is 0 Å². The lowest BCUT2D eigenvalue weighted by atomic mass is 10.3. The van der Waals surface area contributed by atoms with Gasteiger partial charge in [-0.15, -0.1) is 0 Å². The fourth-order valence-corrected chi connectivity index (χ4v) is 1.70. The molecule has 0 amide bonds. The molecule has 3 nitrogen and oxygen atoms in total. The number of rotatable bonds is 0. The molecule has 0 saturated carbocycles. The zero-order chi connectivity index (χ0) is 9.59. The van der Waals surface area contributed by atoms with Crippen molar-refractivity contribution in [2.75, 3.05) is 0 Å². The van der Waals surface area contributed by atoms with E-state index in [9.17, 15) is 9.18 Å².